The standard InChI is InChI=1S/C14H19BrN2O/c1-18-14-3-2-11(15)8-12(14)16-13-9-17-6-4-10(13)5-7-17/h2-3,8,10,13,16H,4-7,9H2,1H3. The van der Waals surface area contributed by atoms with Gasteiger partial charge in [0, 0.05) is 17.1 Å². The zero-order valence-electron chi connectivity index (χ0n) is 10.7. The first-order chi connectivity index (χ1) is 8.76. The maximum atomic E-state index is 5.43. The SMILES string of the molecule is COc1ccc(Br)cc1NC1CN2CCC1CC2. The summed E-state index contributed by atoms with van der Waals surface area (Å²) in [5.74, 6) is 1.74. The average molecular weight is 311 g/mol. The summed E-state index contributed by atoms with van der Waals surface area (Å²) in [5.41, 5.74) is 1.10. The topological polar surface area (TPSA) is 24.5 Å². The Morgan fingerprint density at radius 3 is 2.72 bits per heavy atom. The minimum atomic E-state index is 0.565. The highest BCUT2D eigenvalue weighted by molar-refractivity contribution is 9.10. The first-order valence-corrected chi connectivity index (χ1v) is 7.38. The molecule has 3 heterocycles. The Bertz CT molecular complexity index is 430. The van der Waals surface area contributed by atoms with Crippen molar-refractivity contribution in [1.82, 2.24) is 4.90 Å². The molecule has 3 aliphatic heterocycles. The van der Waals surface area contributed by atoms with E-state index in [1.807, 2.05) is 12.1 Å². The molecule has 98 valence electrons. The van der Waals surface area contributed by atoms with Crippen LogP contribution in [-0.2, 0) is 0 Å². The molecule has 4 rings (SSSR count). The van der Waals surface area contributed by atoms with Crippen LogP contribution >= 0.6 is 15.9 Å². The third-order valence-corrected chi connectivity index (χ3v) is 4.65. The van der Waals surface area contributed by atoms with Crippen LogP contribution in [0, 0.1) is 5.92 Å². The molecule has 1 N–H and O–H groups in total. The van der Waals surface area contributed by atoms with Gasteiger partial charge in [0.2, 0.25) is 0 Å². The molecule has 0 aliphatic carbocycles. The fourth-order valence-electron chi connectivity index (χ4n) is 3.12. The molecule has 3 nitrogen and oxygen atoms in total. The maximum absolute atomic E-state index is 5.43. The van der Waals surface area contributed by atoms with Gasteiger partial charge < -0.3 is 15.0 Å². The van der Waals surface area contributed by atoms with Gasteiger partial charge in [0.1, 0.15) is 5.75 Å². The summed E-state index contributed by atoms with van der Waals surface area (Å²) in [6.45, 7) is 3.72. The molecule has 3 aliphatic rings. The van der Waals surface area contributed by atoms with Gasteiger partial charge in [0.15, 0.2) is 0 Å². The highest BCUT2D eigenvalue weighted by Gasteiger charge is 2.34. The van der Waals surface area contributed by atoms with Crippen LogP contribution in [0.2, 0.25) is 0 Å². The van der Waals surface area contributed by atoms with Crippen LogP contribution < -0.4 is 10.1 Å². The van der Waals surface area contributed by atoms with E-state index in [1.165, 1.54) is 32.5 Å². The van der Waals surface area contributed by atoms with E-state index in [0.29, 0.717) is 6.04 Å². The van der Waals surface area contributed by atoms with Gasteiger partial charge in [0.25, 0.3) is 0 Å². The van der Waals surface area contributed by atoms with Crippen molar-refractivity contribution in [3.63, 3.8) is 0 Å². The lowest BCUT2D eigenvalue weighted by molar-refractivity contribution is 0.0974. The zero-order valence-corrected chi connectivity index (χ0v) is 12.2. The molecule has 1 atom stereocenters. The molecule has 0 amide bonds. The van der Waals surface area contributed by atoms with Crippen molar-refractivity contribution in [1.29, 1.82) is 0 Å². The fourth-order valence-corrected chi connectivity index (χ4v) is 3.48. The van der Waals surface area contributed by atoms with Crippen molar-refractivity contribution in [2.75, 3.05) is 32.1 Å². The Morgan fingerprint density at radius 1 is 1.33 bits per heavy atom. The normalized spacial score (nSPS) is 30.2. The highest BCUT2D eigenvalue weighted by atomic mass is 79.9. The number of nitrogens with zero attached hydrogens (tertiary/aromatic N) is 1. The van der Waals surface area contributed by atoms with E-state index in [9.17, 15) is 0 Å². The van der Waals surface area contributed by atoms with Crippen molar-refractivity contribution in [2.45, 2.75) is 18.9 Å². The number of ether oxygens (including phenoxy) is 1. The van der Waals surface area contributed by atoms with E-state index in [2.05, 4.69) is 32.2 Å². The van der Waals surface area contributed by atoms with Crippen LogP contribution in [0.1, 0.15) is 12.8 Å². The largest absolute Gasteiger partial charge is 0.495 e. The number of fused-ring (bicyclic) bond motifs is 3. The van der Waals surface area contributed by atoms with E-state index in [-0.39, 0.29) is 0 Å². The lowest BCUT2D eigenvalue weighted by Gasteiger charge is -2.45. The van der Waals surface area contributed by atoms with Crippen LogP contribution in [-0.4, -0.2) is 37.7 Å². The minimum Gasteiger partial charge on any atom is -0.495 e. The molecule has 3 fully saturated rings. The predicted octanol–water partition coefficient (Wildman–Crippen LogP) is 2.96. The van der Waals surface area contributed by atoms with E-state index in [0.717, 1.165) is 21.8 Å². The number of halogens is 1. The second kappa shape index (κ2) is 5.10. The van der Waals surface area contributed by atoms with Gasteiger partial charge in [-0.2, -0.15) is 0 Å². The first-order valence-electron chi connectivity index (χ1n) is 6.58. The Kier molecular flexibility index (Phi) is 3.48. The third kappa shape index (κ3) is 2.36. The van der Waals surface area contributed by atoms with E-state index >= 15 is 0 Å². The quantitative estimate of drug-likeness (QED) is 0.929. The predicted molar refractivity (Wildman–Crippen MR) is 77.3 cm³/mol. The molecule has 1 aromatic carbocycles. The summed E-state index contributed by atoms with van der Waals surface area (Å²) in [6, 6.07) is 6.70. The van der Waals surface area contributed by atoms with Crippen LogP contribution in [0.4, 0.5) is 5.69 Å². The molecule has 3 saturated heterocycles. The van der Waals surface area contributed by atoms with Gasteiger partial charge in [-0.05, 0) is 50.0 Å². The van der Waals surface area contributed by atoms with Gasteiger partial charge in [0.05, 0.1) is 12.8 Å². The summed E-state index contributed by atoms with van der Waals surface area (Å²) >= 11 is 3.53. The van der Waals surface area contributed by atoms with Crippen LogP contribution in [0.25, 0.3) is 0 Å². The molecule has 2 bridgehead atoms. The summed E-state index contributed by atoms with van der Waals surface area (Å²) in [5, 5.41) is 3.68. The van der Waals surface area contributed by atoms with Crippen molar-refractivity contribution >= 4 is 21.6 Å². The number of methoxy groups -OCH3 is 1. The number of hydrogen-bond acceptors (Lipinski definition) is 3. The van der Waals surface area contributed by atoms with Gasteiger partial charge in [-0.3, -0.25) is 0 Å². The smallest absolute Gasteiger partial charge is 0.142 e. The molecule has 0 radical (unpaired) electrons. The molecular formula is C14H19BrN2O. The number of hydrogen-bond donors (Lipinski definition) is 1. The molecule has 0 aromatic heterocycles. The first kappa shape index (κ1) is 12.3. The summed E-state index contributed by atoms with van der Waals surface area (Å²) in [4.78, 5) is 2.56. The van der Waals surface area contributed by atoms with Crippen LogP contribution in [0.3, 0.4) is 0 Å². The Balaban J connectivity index is 1.78. The number of rotatable bonds is 3. The van der Waals surface area contributed by atoms with Gasteiger partial charge in [-0.1, -0.05) is 15.9 Å². The second-order valence-electron chi connectivity index (χ2n) is 5.23. The zero-order chi connectivity index (χ0) is 12.5. The lowest BCUT2D eigenvalue weighted by Crippen LogP contribution is -2.53. The van der Waals surface area contributed by atoms with Crippen molar-refractivity contribution in [3.05, 3.63) is 22.7 Å². The maximum Gasteiger partial charge on any atom is 0.142 e. The molecule has 4 heteroatoms. The number of benzene rings is 1. The third-order valence-electron chi connectivity index (χ3n) is 4.16. The fraction of sp³-hybridized carbons (Fsp3) is 0.571. The molecule has 1 unspecified atom stereocenters. The Morgan fingerprint density at radius 2 is 2.11 bits per heavy atom. The van der Waals surface area contributed by atoms with Crippen LogP contribution in [0.15, 0.2) is 22.7 Å². The molecule has 1 aromatic rings. The van der Waals surface area contributed by atoms with Crippen molar-refractivity contribution < 1.29 is 4.74 Å². The molecule has 0 saturated carbocycles. The Labute approximate surface area is 117 Å². The van der Waals surface area contributed by atoms with Crippen molar-refractivity contribution in [3.8, 4) is 5.75 Å². The molecule has 0 spiro atoms. The Hall–Kier alpha value is -0.740. The highest BCUT2D eigenvalue weighted by Crippen LogP contribution is 2.33. The number of nitrogens with one attached hydrogen (secondary N) is 1. The van der Waals surface area contributed by atoms with E-state index in [1.54, 1.807) is 7.11 Å². The average Bonchev–Trinajstić information content (AvgIpc) is 2.40. The van der Waals surface area contributed by atoms with Gasteiger partial charge >= 0.3 is 0 Å². The second-order valence-corrected chi connectivity index (χ2v) is 6.15. The van der Waals surface area contributed by atoms with Gasteiger partial charge in [-0.15, -0.1) is 0 Å². The summed E-state index contributed by atoms with van der Waals surface area (Å²) < 4.78 is 6.51. The van der Waals surface area contributed by atoms with Crippen molar-refractivity contribution in [2.24, 2.45) is 5.92 Å². The van der Waals surface area contributed by atoms with E-state index < -0.39 is 0 Å². The number of piperidine rings is 3. The van der Waals surface area contributed by atoms with E-state index in [4.69, 9.17) is 4.74 Å². The summed E-state index contributed by atoms with van der Waals surface area (Å²) in [6.07, 6.45) is 2.65. The molecule has 18 heavy (non-hydrogen) atoms. The minimum absolute atomic E-state index is 0.565. The lowest BCUT2D eigenvalue weighted by atomic mass is 9.84. The van der Waals surface area contributed by atoms with Gasteiger partial charge in [-0.25, -0.2) is 0 Å². The number of anilines is 1. The van der Waals surface area contributed by atoms with Crippen LogP contribution in [0.5, 0.6) is 5.75 Å². The molecular weight excluding hydrogens is 292 g/mol. The monoisotopic (exact) mass is 310 g/mol. The summed E-state index contributed by atoms with van der Waals surface area (Å²) in [7, 11) is 1.73.